The van der Waals surface area contributed by atoms with Crippen molar-refractivity contribution in [1.29, 1.82) is 0 Å². The van der Waals surface area contributed by atoms with Crippen LogP contribution in [0.4, 0.5) is 0 Å². The molecular formula is C12H23NO. The van der Waals surface area contributed by atoms with Gasteiger partial charge in [0, 0.05) is 19.2 Å². The molecule has 0 saturated carbocycles. The van der Waals surface area contributed by atoms with E-state index in [0.717, 1.165) is 19.0 Å². The lowest BCUT2D eigenvalue weighted by Crippen LogP contribution is -2.33. The third kappa shape index (κ3) is 4.25. The molecule has 2 heteroatoms. The van der Waals surface area contributed by atoms with E-state index >= 15 is 0 Å². The molecule has 0 spiro atoms. The van der Waals surface area contributed by atoms with Gasteiger partial charge in [0.15, 0.2) is 0 Å². The van der Waals surface area contributed by atoms with Gasteiger partial charge in [-0.2, -0.15) is 0 Å². The summed E-state index contributed by atoms with van der Waals surface area (Å²) in [5, 5.41) is 8.64. The molecule has 1 atom stereocenters. The largest absolute Gasteiger partial charge is 0.396 e. The van der Waals surface area contributed by atoms with E-state index in [4.69, 9.17) is 5.11 Å². The number of aliphatic hydroxyl groups excluding tert-OH is 1. The molecule has 0 radical (unpaired) electrons. The third-order valence-electron chi connectivity index (χ3n) is 3.04. The Balaban J connectivity index is 2.03. The molecule has 0 saturated heterocycles. The predicted octanol–water partition coefficient (Wildman–Crippen LogP) is 2.19. The van der Waals surface area contributed by atoms with Gasteiger partial charge in [-0.05, 0) is 26.3 Å². The minimum atomic E-state index is 0.353. The molecule has 0 bridgehead atoms. The van der Waals surface area contributed by atoms with Crippen LogP contribution in [0.25, 0.3) is 0 Å². The summed E-state index contributed by atoms with van der Waals surface area (Å²) in [5.74, 6) is 0. The van der Waals surface area contributed by atoms with E-state index < -0.39 is 0 Å². The molecule has 1 aliphatic rings. The molecule has 1 rings (SSSR count). The summed E-state index contributed by atoms with van der Waals surface area (Å²) in [6.45, 7) is 1.47. The molecule has 82 valence electrons. The number of likely N-dealkylation sites (N-methyl/N-ethyl adjacent to an activating group) is 1. The van der Waals surface area contributed by atoms with Crippen molar-refractivity contribution in [2.45, 2.75) is 44.6 Å². The second-order valence-electron chi connectivity index (χ2n) is 4.23. The first-order chi connectivity index (χ1) is 6.84. The molecular weight excluding hydrogens is 174 g/mol. The Morgan fingerprint density at radius 3 is 2.71 bits per heavy atom. The Morgan fingerprint density at radius 2 is 2.00 bits per heavy atom. The number of hydrogen-bond acceptors (Lipinski definition) is 2. The number of nitrogens with zero attached hydrogens (tertiary/aromatic N) is 1. The summed E-state index contributed by atoms with van der Waals surface area (Å²) in [4.78, 5) is 2.44. The lowest BCUT2D eigenvalue weighted by Gasteiger charge is -2.29. The van der Waals surface area contributed by atoms with E-state index in [1.165, 1.54) is 32.1 Å². The second kappa shape index (κ2) is 7.02. The summed E-state index contributed by atoms with van der Waals surface area (Å²) in [6.07, 6.45) is 11.8. The summed E-state index contributed by atoms with van der Waals surface area (Å²) in [6, 6.07) is 0.758. The molecule has 0 aromatic rings. The molecule has 1 heterocycles. The highest BCUT2D eigenvalue weighted by Crippen LogP contribution is 2.16. The standard InChI is InChI=1S/C12H23NO/c1-13-10-6-5-9-12(13)8-4-2-3-7-11-14/h5-6,12,14H,2-4,7-11H2,1H3. The van der Waals surface area contributed by atoms with Gasteiger partial charge in [0.05, 0.1) is 0 Å². The molecule has 0 aromatic carbocycles. The molecule has 0 fully saturated rings. The van der Waals surface area contributed by atoms with Crippen molar-refractivity contribution < 1.29 is 5.11 Å². The molecule has 14 heavy (non-hydrogen) atoms. The van der Waals surface area contributed by atoms with E-state index in [9.17, 15) is 0 Å². The van der Waals surface area contributed by atoms with Gasteiger partial charge in [0.2, 0.25) is 0 Å². The Hall–Kier alpha value is -0.340. The minimum absolute atomic E-state index is 0.353. The van der Waals surface area contributed by atoms with E-state index in [2.05, 4.69) is 24.1 Å². The van der Waals surface area contributed by atoms with E-state index in [1.54, 1.807) is 0 Å². The molecule has 1 aliphatic heterocycles. The zero-order valence-electron chi connectivity index (χ0n) is 9.28. The van der Waals surface area contributed by atoms with E-state index in [0.29, 0.717) is 6.61 Å². The maximum Gasteiger partial charge on any atom is 0.0431 e. The van der Waals surface area contributed by atoms with Crippen molar-refractivity contribution >= 4 is 0 Å². The molecule has 0 aromatic heterocycles. The zero-order valence-corrected chi connectivity index (χ0v) is 9.28. The fourth-order valence-corrected chi connectivity index (χ4v) is 2.01. The van der Waals surface area contributed by atoms with Crippen molar-refractivity contribution in [2.24, 2.45) is 0 Å². The average Bonchev–Trinajstić information content (AvgIpc) is 2.20. The molecule has 2 nitrogen and oxygen atoms in total. The number of unbranched alkanes of at least 4 members (excludes halogenated alkanes) is 3. The Labute approximate surface area is 87.6 Å². The van der Waals surface area contributed by atoms with Crippen molar-refractivity contribution in [3.8, 4) is 0 Å². The SMILES string of the molecule is CN1CC=CCC1CCCCCCO. The van der Waals surface area contributed by atoms with Crippen molar-refractivity contribution in [3.63, 3.8) is 0 Å². The molecule has 0 amide bonds. The van der Waals surface area contributed by atoms with Crippen LogP contribution in [0.5, 0.6) is 0 Å². The molecule has 1 unspecified atom stereocenters. The van der Waals surface area contributed by atoms with Gasteiger partial charge in [0.1, 0.15) is 0 Å². The van der Waals surface area contributed by atoms with E-state index in [1.807, 2.05) is 0 Å². The van der Waals surface area contributed by atoms with Crippen molar-refractivity contribution in [3.05, 3.63) is 12.2 Å². The zero-order chi connectivity index (χ0) is 10.2. The number of hydrogen-bond donors (Lipinski definition) is 1. The van der Waals surface area contributed by atoms with E-state index in [-0.39, 0.29) is 0 Å². The summed E-state index contributed by atoms with van der Waals surface area (Å²) in [5.41, 5.74) is 0. The van der Waals surface area contributed by atoms with Crippen LogP contribution in [0.2, 0.25) is 0 Å². The molecule has 1 N–H and O–H groups in total. The van der Waals surface area contributed by atoms with Crippen LogP contribution in [-0.2, 0) is 0 Å². The highest BCUT2D eigenvalue weighted by Gasteiger charge is 2.14. The summed E-state index contributed by atoms with van der Waals surface area (Å²) < 4.78 is 0. The topological polar surface area (TPSA) is 23.5 Å². The predicted molar refractivity (Wildman–Crippen MR) is 60.3 cm³/mol. The van der Waals surface area contributed by atoms with Crippen LogP contribution >= 0.6 is 0 Å². The second-order valence-corrected chi connectivity index (χ2v) is 4.23. The minimum Gasteiger partial charge on any atom is -0.396 e. The first-order valence-electron chi connectivity index (χ1n) is 5.80. The number of aliphatic hydroxyl groups is 1. The quantitative estimate of drug-likeness (QED) is 0.521. The van der Waals surface area contributed by atoms with Crippen molar-refractivity contribution in [2.75, 3.05) is 20.2 Å². The van der Waals surface area contributed by atoms with Crippen LogP contribution in [0.3, 0.4) is 0 Å². The monoisotopic (exact) mass is 197 g/mol. The van der Waals surface area contributed by atoms with Crippen LogP contribution < -0.4 is 0 Å². The lowest BCUT2D eigenvalue weighted by atomic mass is 10.0. The Morgan fingerprint density at radius 1 is 1.21 bits per heavy atom. The van der Waals surface area contributed by atoms with Crippen molar-refractivity contribution in [1.82, 2.24) is 4.90 Å². The van der Waals surface area contributed by atoms with Crippen LogP contribution in [0.15, 0.2) is 12.2 Å². The lowest BCUT2D eigenvalue weighted by molar-refractivity contribution is 0.236. The number of rotatable bonds is 6. The first-order valence-corrected chi connectivity index (χ1v) is 5.80. The van der Waals surface area contributed by atoms with Gasteiger partial charge in [-0.15, -0.1) is 0 Å². The summed E-state index contributed by atoms with van der Waals surface area (Å²) >= 11 is 0. The van der Waals surface area contributed by atoms with Crippen LogP contribution in [0, 0.1) is 0 Å². The Kier molecular flexibility index (Phi) is 5.88. The van der Waals surface area contributed by atoms with Crippen LogP contribution in [0.1, 0.15) is 38.5 Å². The highest BCUT2D eigenvalue weighted by molar-refractivity contribution is 4.94. The third-order valence-corrected chi connectivity index (χ3v) is 3.04. The summed E-state index contributed by atoms with van der Waals surface area (Å²) in [7, 11) is 2.21. The van der Waals surface area contributed by atoms with Crippen LogP contribution in [-0.4, -0.2) is 36.2 Å². The van der Waals surface area contributed by atoms with Gasteiger partial charge < -0.3 is 5.11 Å². The first kappa shape index (κ1) is 11.7. The van der Waals surface area contributed by atoms with Gasteiger partial charge >= 0.3 is 0 Å². The molecule has 0 aliphatic carbocycles. The Bertz CT molecular complexity index is 168. The fourth-order valence-electron chi connectivity index (χ4n) is 2.01. The maximum atomic E-state index is 8.64. The maximum absolute atomic E-state index is 8.64. The fraction of sp³-hybridized carbons (Fsp3) is 0.833. The highest BCUT2D eigenvalue weighted by atomic mass is 16.2. The average molecular weight is 197 g/mol. The smallest absolute Gasteiger partial charge is 0.0431 e. The van der Waals surface area contributed by atoms with Gasteiger partial charge in [-0.25, -0.2) is 0 Å². The van der Waals surface area contributed by atoms with Gasteiger partial charge in [-0.3, -0.25) is 4.90 Å². The van der Waals surface area contributed by atoms with Gasteiger partial charge in [0.25, 0.3) is 0 Å². The van der Waals surface area contributed by atoms with Gasteiger partial charge in [-0.1, -0.05) is 31.4 Å². The normalized spacial score (nSPS) is 22.9.